The van der Waals surface area contributed by atoms with Crippen LogP contribution in [0.15, 0.2) is 150 Å². The molecule has 0 N–H and O–H groups in total. The standard InChI is InChI=1S/C52H40N4O/c1-51(2)27-28-52(3,4)39-30-41-37(29-38(39)51)44-34-22-12-11-21-33(34)43-35-23-13-15-25-40(35)56(48(43)47(44)55(41)32-19-9-6-10-20-32)50-53-45(31-17-7-5-8-18-31)49-46(54-50)36-24-14-16-26-42(36)57-49/h5-26,29-30H,27-28H2,1-4H3. The fourth-order valence-electron chi connectivity index (χ4n) is 10.0. The molecule has 5 nitrogen and oxygen atoms in total. The van der Waals surface area contributed by atoms with E-state index in [1.807, 2.05) is 18.2 Å². The third-order valence-electron chi connectivity index (χ3n) is 13.0. The fourth-order valence-corrected chi connectivity index (χ4v) is 10.0. The van der Waals surface area contributed by atoms with Gasteiger partial charge in [0, 0.05) is 38.2 Å². The largest absolute Gasteiger partial charge is 0.452 e. The molecule has 0 unspecified atom stereocenters. The first kappa shape index (κ1) is 32.5. The zero-order valence-corrected chi connectivity index (χ0v) is 32.5. The Morgan fingerprint density at radius 1 is 0.509 bits per heavy atom. The zero-order valence-electron chi connectivity index (χ0n) is 32.5. The van der Waals surface area contributed by atoms with Crippen LogP contribution in [0.25, 0.3) is 99.3 Å². The number of nitrogens with zero attached hydrogens (tertiary/aromatic N) is 4. The quantitative estimate of drug-likeness (QED) is 0.181. The van der Waals surface area contributed by atoms with Crippen molar-refractivity contribution in [1.29, 1.82) is 0 Å². The monoisotopic (exact) mass is 736 g/mol. The van der Waals surface area contributed by atoms with Crippen LogP contribution in [0.5, 0.6) is 0 Å². The number of rotatable bonds is 3. The molecule has 0 atom stereocenters. The van der Waals surface area contributed by atoms with Crippen LogP contribution in [-0.4, -0.2) is 19.1 Å². The third kappa shape index (κ3) is 4.45. The van der Waals surface area contributed by atoms with Crippen molar-refractivity contribution in [2.24, 2.45) is 0 Å². The number of fused-ring (bicyclic) bond motifs is 14. The summed E-state index contributed by atoms with van der Waals surface area (Å²) in [6.07, 6.45) is 2.30. The van der Waals surface area contributed by atoms with Crippen LogP contribution >= 0.6 is 0 Å². The summed E-state index contributed by atoms with van der Waals surface area (Å²) in [4.78, 5) is 11.0. The van der Waals surface area contributed by atoms with Crippen molar-refractivity contribution in [2.75, 3.05) is 0 Å². The summed E-state index contributed by atoms with van der Waals surface area (Å²) >= 11 is 0. The highest BCUT2D eigenvalue weighted by atomic mass is 16.3. The molecule has 0 amide bonds. The lowest BCUT2D eigenvalue weighted by atomic mass is 9.63. The van der Waals surface area contributed by atoms with E-state index in [1.54, 1.807) is 0 Å². The van der Waals surface area contributed by atoms with Gasteiger partial charge in [0.1, 0.15) is 16.8 Å². The summed E-state index contributed by atoms with van der Waals surface area (Å²) < 4.78 is 11.4. The molecule has 0 saturated heterocycles. The van der Waals surface area contributed by atoms with Gasteiger partial charge in [-0.25, -0.2) is 9.97 Å². The van der Waals surface area contributed by atoms with Crippen LogP contribution in [0.1, 0.15) is 51.7 Å². The molecule has 4 heterocycles. The summed E-state index contributed by atoms with van der Waals surface area (Å²) in [6.45, 7) is 9.69. The fraction of sp³-hybridized carbons (Fsp3) is 0.154. The van der Waals surface area contributed by atoms with E-state index < -0.39 is 0 Å². The maximum atomic E-state index is 6.57. The van der Waals surface area contributed by atoms with Gasteiger partial charge in [-0.3, -0.25) is 4.57 Å². The summed E-state index contributed by atoms with van der Waals surface area (Å²) in [5.74, 6) is 0.613. The maximum Gasteiger partial charge on any atom is 0.236 e. The minimum Gasteiger partial charge on any atom is -0.452 e. The topological polar surface area (TPSA) is 48.8 Å². The molecule has 0 spiro atoms. The third-order valence-corrected chi connectivity index (χ3v) is 13.0. The van der Waals surface area contributed by atoms with E-state index in [1.165, 1.54) is 49.0 Å². The van der Waals surface area contributed by atoms with E-state index in [9.17, 15) is 0 Å². The molecule has 274 valence electrons. The van der Waals surface area contributed by atoms with Crippen molar-refractivity contribution >= 4 is 76.5 Å². The number of aromatic nitrogens is 4. The summed E-state index contributed by atoms with van der Waals surface area (Å²) in [5.41, 5.74) is 12.7. The van der Waals surface area contributed by atoms with Gasteiger partial charge in [0.2, 0.25) is 5.95 Å². The minimum absolute atomic E-state index is 0.0494. The second-order valence-corrected chi connectivity index (χ2v) is 17.2. The molecule has 0 aliphatic heterocycles. The first-order valence-electron chi connectivity index (χ1n) is 20.1. The van der Waals surface area contributed by atoms with E-state index in [-0.39, 0.29) is 10.8 Å². The Balaban J connectivity index is 1.35. The van der Waals surface area contributed by atoms with E-state index in [4.69, 9.17) is 14.4 Å². The van der Waals surface area contributed by atoms with Crippen LogP contribution < -0.4 is 0 Å². The number of hydrogen-bond acceptors (Lipinski definition) is 3. The lowest BCUT2D eigenvalue weighted by Gasteiger charge is -2.42. The second kappa shape index (κ2) is 11.4. The number of hydrogen-bond donors (Lipinski definition) is 0. The summed E-state index contributed by atoms with van der Waals surface area (Å²) in [6, 6.07) is 52.3. The minimum atomic E-state index is 0.0494. The van der Waals surface area contributed by atoms with Crippen molar-refractivity contribution in [3.05, 3.63) is 157 Å². The lowest BCUT2D eigenvalue weighted by molar-refractivity contribution is 0.332. The second-order valence-electron chi connectivity index (χ2n) is 17.2. The Labute approximate surface area is 329 Å². The van der Waals surface area contributed by atoms with Gasteiger partial charge in [-0.05, 0) is 88.0 Å². The van der Waals surface area contributed by atoms with Crippen LogP contribution in [0.4, 0.5) is 0 Å². The number of para-hydroxylation sites is 3. The van der Waals surface area contributed by atoms with Gasteiger partial charge >= 0.3 is 0 Å². The predicted octanol–water partition coefficient (Wildman–Crippen LogP) is 13.7. The predicted molar refractivity (Wildman–Crippen MR) is 236 cm³/mol. The molecule has 7 aromatic carbocycles. The normalized spacial score (nSPS) is 15.2. The van der Waals surface area contributed by atoms with E-state index >= 15 is 0 Å². The van der Waals surface area contributed by atoms with Crippen molar-refractivity contribution in [3.63, 3.8) is 0 Å². The van der Waals surface area contributed by atoms with Crippen LogP contribution in [0.3, 0.4) is 0 Å². The number of furan rings is 1. The zero-order chi connectivity index (χ0) is 38.2. The molecule has 11 aromatic rings. The molecule has 12 rings (SSSR count). The SMILES string of the molecule is CC1(C)CCC(C)(C)c2cc3c(cc21)c1c2ccccc2c2c4ccccc4n(-c4nc(-c5ccccc5)c5oc6ccccc6c5n4)c2c1n3-c1ccccc1. The molecular weight excluding hydrogens is 697 g/mol. The average molecular weight is 737 g/mol. The summed E-state index contributed by atoms with van der Waals surface area (Å²) in [7, 11) is 0. The Kier molecular flexibility index (Phi) is 6.52. The summed E-state index contributed by atoms with van der Waals surface area (Å²) in [5, 5.41) is 8.32. The van der Waals surface area contributed by atoms with Crippen molar-refractivity contribution in [2.45, 2.75) is 51.4 Å². The van der Waals surface area contributed by atoms with Gasteiger partial charge in [0.15, 0.2) is 5.58 Å². The highest BCUT2D eigenvalue weighted by Crippen LogP contribution is 2.51. The highest BCUT2D eigenvalue weighted by molar-refractivity contribution is 6.36. The highest BCUT2D eigenvalue weighted by Gasteiger charge is 2.38. The Morgan fingerprint density at radius 2 is 1.07 bits per heavy atom. The smallest absolute Gasteiger partial charge is 0.236 e. The Bertz CT molecular complexity index is 3460. The van der Waals surface area contributed by atoms with E-state index in [0.717, 1.165) is 62.8 Å². The molecule has 0 fully saturated rings. The molecule has 4 aromatic heterocycles. The van der Waals surface area contributed by atoms with Crippen LogP contribution in [-0.2, 0) is 10.8 Å². The molecule has 1 aliphatic rings. The first-order chi connectivity index (χ1) is 27.8. The van der Waals surface area contributed by atoms with Gasteiger partial charge in [-0.15, -0.1) is 0 Å². The molecule has 0 bridgehead atoms. The number of benzene rings is 7. The maximum absolute atomic E-state index is 6.57. The molecular formula is C52H40N4O. The molecule has 0 radical (unpaired) electrons. The molecule has 1 aliphatic carbocycles. The average Bonchev–Trinajstić information content (AvgIpc) is 3.90. The molecule has 0 saturated carbocycles. The van der Waals surface area contributed by atoms with Crippen LogP contribution in [0, 0.1) is 0 Å². The molecule has 57 heavy (non-hydrogen) atoms. The van der Waals surface area contributed by atoms with E-state index in [0.29, 0.717) is 11.5 Å². The van der Waals surface area contributed by atoms with Gasteiger partial charge in [-0.2, -0.15) is 0 Å². The lowest BCUT2D eigenvalue weighted by Crippen LogP contribution is -2.33. The van der Waals surface area contributed by atoms with E-state index in [2.05, 4.69) is 164 Å². The van der Waals surface area contributed by atoms with Crippen molar-refractivity contribution < 1.29 is 4.42 Å². The van der Waals surface area contributed by atoms with Gasteiger partial charge < -0.3 is 8.98 Å². The van der Waals surface area contributed by atoms with Gasteiger partial charge in [0.25, 0.3) is 0 Å². The van der Waals surface area contributed by atoms with Crippen molar-refractivity contribution in [3.8, 4) is 22.9 Å². The Morgan fingerprint density at radius 3 is 1.79 bits per heavy atom. The van der Waals surface area contributed by atoms with Gasteiger partial charge in [0.05, 0.1) is 22.1 Å². The first-order valence-corrected chi connectivity index (χ1v) is 20.1. The Hall–Kier alpha value is -6.72. The molecule has 5 heteroatoms. The van der Waals surface area contributed by atoms with Crippen LogP contribution in [0.2, 0.25) is 0 Å². The van der Waals surface area contributed by atoms with Crippen molar-refractivity contribution in [1.82, 2.24) is 19.1 Å². The van der Waals surface area contributed by atoms with Gasteiger partial charge in [-0.1, -0.05) is 131 Å².